The van der Waals surface area contributed by atoms with Gasteiger partial charge in [0, 0.05) is 11.8 Å². The highest BCUT2D eigenvalue weighted by molar-refractivity contribution is 5.75. The van der Waals surface area contributed by atoms with Crippen molar-refractivity contribution in [1.82, 2.24) is 0 Å². The first-order chi connectivity index (χ1) is 10.4. The number of carbonyl (C=O) groups excluding carboxylic acids is 1. The van der Waals surface area contributed by atoms with Crippen molar-refractivity contribution in [2.45, 2.75) is 59.0 Å². The van der Waals surface area contributed by atoms with Crippen molar-refractivity contribution >= 4 is 5.97 Å². The van der Waals surface area contributed by atoms with Crippen LogP contribution in [0.15, 0.2) is 12.2 Å². The summed E-state index contributed by atoms with van der Waals surface area (Å²) in [6.45, 7) is 13.2. The second kappa shape index (κ2) is 5.99. The molecule has 124 valence electrons. The SMILES string of the molecule is C=C1CCC[C@]2(C)C[C@H]3OC(=O)[C@H](C[NH2+]CC(C)C)[C@H]3C[C@H]12. The zero-order valence-electron chi connectivity index (χ0n) is 14.4. The zero-order valence-corrected chi connectivity index (χ0v) is 14.4. The molecule has 0 amide bonds. The molecular weight excluding hydrogens is 274 g/mol. The van der Waals surface area contributed by atoms with E-state index in [2.05, 4.69) is 32.7 Å². The van der Waals surface area contributed by atoms with Crippen LogP contribution in [0.4, 0.5) is 0 Å². The zero-order chi connectivity index (χ0) is 15.9. The van der Waals surface area contributed by atoms with Crippen LogP contribution < -0.4 is 5.32 Å². The van der Waals surface area contributed by atoms with Crippen LogP contribution in [0.3, 0.4) is 0 Å². The Labute approximate surface area is 134 Å². The minimum Gasteiger partial charge on any atom is -0.462 e. The van der Waals surface area contributed by atoms with Gasteiger partial charge in [-0.3, -0.25) is 4.79 Å². The van der Waals surface area contributed by atoms with Gasteiger partial charge < -0.3 is 10.1 Å². The molecule has 0 aromatic carbocycles. The standard InChI is InChI=1S/C19H31NO2/c1-12(2)10-20-11-15-14-8-16-13(3)6-5-7-19(16,4)9-17(14)22-18(15)21/h12,14-17,20H,3,5-11H2,1-2,4H3/p+1/t14-,15-,16-,17-,19-/m1/s1. The summed E-state index contributed by atoms with van der Waals surface area (Å²) in [7, 11) is 0. The van der Waals surface area contributed by atoms with Gasteiger partial charge in [0.1, 0.15) is 12.0 Å². The van der Waals surface area contributed by atoms with E-state index in [-0.39, 0.29) is 18.0 Å². The molecular formula is C19H32NO2+. The molecule has 3 heteroatoms. The summed E-state index contributed by atoms with van der Waals surface area (Å²) >= 11 is 0. The number of rotatable bonds is 4. The van der Waals surface area contributed by atoms with Gasteiger partial charge in [-0.25, -0.2) is 0 Å². The van der Waals surface area contributed by atoms with Crippen LogP contribution in [0, 0.1) is 29.1 Å². The minimum absolute atomic E-state index is 0.0582. The Morgan fingerprint density at radius 1 is 1.45 bits per heavy atom. The van der Waals surface area contributed by atoms with Gasteiger partial charge in [-0.1, -0.05) is 32.9 Å². The molecule has 2 aliphatic carbocycles. The predicted octanol–water partition coefficient (Wildman–Crippen LogP) is 2.52. The fourth-order valence-electron chi connectivity index (χ4n) is 5.13. The maximum atomic E-state index is 12.3. The van der Waals surface area contributed by atoms with E-state index < -0.39 is 0 Å². The van der Waals surface area contributed by atoms with Crippen LogP contribution in [0.2, 0.25) is 0 Å². The molecule has 3 aliphatic rings. The van der Waals surface area contributed by atoms with Crippen molar-refractivity contribution in [2.24, 2.45) is 29.1 Å². The van der Waals surface area contributed by atoms with Crippen molar-refractivity contribution in [3.05, 3.63) is 12.2 Å². The fourth-order valence-corrected chi connectivity index (χ4v) is 5.13. The van der Waals surface area contributed by atoms with Gasteiger partial charge in [0.25, 0.3) is 0 Å². The second-order valence-corrected chi connectivity index (χ2v) is 8.56. The Balaban J connectivity index is 1.70. The van der Waals surface area contributed by atoms with E-state index in [1.807, 2.05) is 0 Å². The van der Waals surface area contributed by atoms with Crippen molar-refractivity contribution in [1.29, 1.82) is 0 Å². The summed E-state index contributed by atoms with van der Waals surface area (Å²) in [5, 5.41) is 2.31. The number of esters is 1. The van der Waals surface area contributed by atoms with Crippen LogP contribution in [0.5, 0.6) is 0 Å². The maximum Gasteiger partial charge on any atom is 0.315 e. The first kappa shape index (κ1) is 16.0. The number of hydrogen-bond donors (Lipinski definition) is 1. The van der Waals surface area contributed by atoms with Gasteiger partial charge in [0.05, 0.1) is 13.1 Å². The molecule has 0 radical (unpaired) electrons. The van der Waals surface area contributed by atoms with Crippen molar-refractivity contribution in [3.8, 4) is 0 Å². The van der Waals surface area contributed by atoms with Gasteiger partial charge >= 0.3 is 5.97 Å². The number of fused-ring (bicyclic) bond motifs is 2. The summed E-state index contributed by atoms with van der Waals surface area (Å²) in [6.07, 6.45) is 6.03. The highest BCUT2D eigenvalue weighted by Crippen LogP contribution is 2.56. The lowest BCUT2D eigenvalue weighted by Gasteiger charge is -2.49. The van der Waals surface area contributed by atoms with Gasteiger partial charge in [0.15, 0.2) is 0 Å². The van der Waals surface area contributed by atoms with Crippen molar-refractivity contribution < 1.29 is 14.8 Å². The van der Waals surface area contributed by atoms with Gasteiger partial charge in [-0.05, 0) is 43.4 Å². The summed E-state index contributed by atoms with van der Waals surface area (Å²) in [5.41, 5.74) is 1.74. The van der Waals surface area contributed by atoms with Crippen LogP contribution in [-0.2, 0) is 9.53 Å². The molecule has 2 saturated carbocycles. The van der Waals surface area contributed by atoms with Gasteiger partial charge in [0.2, 0.25) is 0 Å². The number of quaternary nitrogens is 1. The van der Waals surface area contributed by atoms with E-state index in [9.17, 15) is 4.79 Å². The van der Waals surface area contributed by atoms with E-state index in [1.165, 1.54) is 24.8 Å². The molecule has 0 aromatic heterocycles. The smallest absolute Gasteiger partial charge is 0.315 e. The lowest BCUT2D eigenvalue weighted by atomic mass is 9.55. The topological polar surface area (TPSA) is 42.9 Å². The van der Waals surface area contributed by atoms with E-state index in [0.29, 0.717) is 23.2 Å². The third kappa shape index (κ3) is 2.84. The van der Waals surface area contributed by atoms with Crippen LogP contribution in [0.25, 0.3) is 0 Å². The molecule has 1 aliphatic heterocycles. The average Bonchev–Trinajstić information content (AvgIpc) is 2.71. The molecule has 0 aromatic rings. The maximum absolute atomic E-state index is 12.3. The number of carbonyl (C=O) groups is 1. The Bertz CT molecular complexity index is 458. The molecule has 3 fully saturated rings. The predicted molar refractivity (Wildman–Crippen MR) is 87.2 cm³/mol. The van der Waals surface area contributed by atoms with Crippen LogP contribution in [-0.4, -0.2) is 25.2 Å². The number of hydrogen-bond acceptors (Lipinski definition) is 2. The largest absolute Gasteiger partial charge is 0.462 e. The molecule has 22 heavy (non-hydrogen) atoms. The van der Waals surface area contributed by atoms with Crippen LogP contribution in [0.1, 0.15) is 52.9 Å². The number of ether oxygens (including phenoxy) is 1. The quantitative estimate of drug-likeness (QED) is 0.640. The summed E-state index contributed by atoms with van der Waals surface area (Å²) in [4.78, 5) is 12.3. The van der Waals surface area contributed by atoms with Crippen LogP contribution >= 0.6 is 0 Å². The summed E-state index contributed by atoms with van der Waals surface area (Å²) < 4.78 is 5.80. The lowest BCUT2D eigenvalue weighted by molar-refractivity contribution is -0.664. The molecule has 1 saturated heterocycles. The fraction of sp³-hybridized carbons (Fsp3) is 0.842. The average molecular weight is 306 g/mol. The molecule has 1 heterocycles. The lowest BCUT2D eigenvalue weighted by Crippen LogP contribution is -2.87. The van der Waals surface area contributed by atoms with E-state index >= 15 is 0 Å². The van der Waals surface area contributed by atoms with Gasteiger partial charge in [-0.2, -0.15) is 0 Å². The first-order valence-corrected chi connectivity index (χ1v) is 9.10. The molecule has 3 rings (SSSR count). The molecule has 0 unspecified atom stereocenters. The van der Waals surface area contributed by atoms with Gasteiger partial charge in [-0.15, -0.1) is 0 Å². The minimum atomic E-state index is 0.0582. The number of allylic oxidation sites excluding steroid dienone is 1. The summed E-state index contributed by atoms with van der Waals surface area (Å²) in [6, 6.07) is 0. The molecule has 0 bridgehead atoms. The molecule has 3 nitrogen and oxygen atoms in total. The molecule has 5 atom stereocenters. The van der Waals surface area contributed by atoms with E-state index in [1.54, 1.807) is 0 Å². The monoisotopic (exact) mass is 306 g/mol. The Morgan fingerprint density at radius 3 is 2.95 bits per heavy atom. The Hall–Kier alpha value is -0.830. The Morgan fingerprint density at radius 2 is 2.23 bits per heavy atom. The third-order valence-corrected chi connectivity index (χ3v) is 6.38. The third-order valence-electron chi connectivity index (χ3n) is 6.38. The van der Waals surface area contributed by atoms with Crippen molar-refractivity contribution in [2.75, 3.05) is 13.1 Å². The summed E-state index contributed by atoms with van der Waals surface area (Å²) in [5.74, 6) is 1.85. The normalized spacial score (nSPS) is 41.3. The highest BCUT2D eigenvalue weighted by Gasteiger charge is 2.55. The van der Waals surface area contributed by atoms with Crippen molar-refractivity contribution in [3.63, 3.8) is 0 Å². The number of nitrogens with two attached hydrogens (primary N) is 1. The second-order valence-electron chi connectivity index (χ2n) is 8.56. The molecule has 2 N–H and O–H groups in total. The first-order valence-electron chi connectivity index (χ1n) is 9.10. The van der Waals surface area contributed by atoms with E-state index in [4.69, 9.17) is 4.74 Å². The Kier molecular flexibility index (Phi) is 4.37. The molecule has 0 spiro atoms. The van der Waals surface area contributed by atoms with E-state index in [0.717, 1.165) is 25.9 Å². The highest BCUT2D eigenvalue weighted by atomic mass is 16.6.